The fourth-order valence-corrected chi connectivity index (χ4v) is 2.61. The second-order valence-electron chi connectivity index (χ2n) is 5.37. The van der Waals surface area contributed by atoms with Crippen LogP contribution in [0.5, 0.6) is 5.75 Å². The number of likely N-dealkylation sites (N-methyl/N-ethyl adjacent to an activating group) is 1. The first kappa shape index (κ1) is 16.5. The van der Waals surface area contributed by atoms with Crippen LogP contribution in [-0.4, -0.2) is 37.7 Å². The monoisotopic (exact) mass is 328 g/mol. The number of nitrogens with two attached hydrogens (primary N) is 1. The maximum Gasteiger partial charge on any atom is 0.119 e. The first-order valence-corrected chi connectivity index (χ1v) is 7.39. The molecular weight excluding hydrogens is 304 g/mol. The smallest absolute Gasteiger partial charge is 0.119 e. The van der Waals surface area contributed by atoms with Gasteiger partial charge in [-0.05, 0) is 57.6 Å². The molecule has 0 spiro atoms. The normalized spacial score (nSPS) is 16.2. The Balaban J connectivity index is 2.95. The molecule has 0 saturated carbocycles. The summed E-state index contributed by atoms with van der Waals surface area (Å²) in [5.41, 5.74) is 7.63. The zero-order valence-corrected chi connectivity index (χ0v) is 14.1. The molecule has 1 rings (SSSR count). The molecule has 1 aromatic rings. The second kappa shape index (κ2) is 6.73. The van der Waals surface area contributed by atoms with Crippen molar-refractivity contribution in [2.75, 3.05) is 21.2 Å². The van der Waals surface area contributed by atoms with Crippen LogP contribution in [0.15, 0.2) is 22.7 Å². The lowest BCUT2D eigenvalue weighted by molar-refractivity contribution is 0.131. The molecule has 0 aliphatic heterocycles. The molecular formula is C15H25BrN2O. The van der Waals surface area contributed by atoms with Crippen LogP contribution in [-0.2, 0) is 6.42 Å². The summed E-state index contributed by atoms with van der Waals surface area (Å²) in [6.07, 6.45) is 1.84. The van der Waals surface area contributed by atoms with Crippen molar-refractivity contribution in [2.45, 2.75) is 38.3 Å². The molecule has 108 valence electrons. The summed E-state index contributed by atoms with van der Waals surface area (Å²) < 4.78 is 6.36. The lowest BCUT2D eigenvalue weighted by atomic mass is 9.85. The average molecular weight is 329 g/mol. The van der Waals surface area contributed by atoms with Gasteiger partial charge in [0.2, 0.25) is 0 Å². The van der Waals surface area contributed by atoms with Crippen LogP contribution in [0, 0.1) is 0 Å². The van der Waals surface area contributed by atoms with E-state index in [1.54, 1.807) is 7.11 Å². The third kappa shape index (κ3) is 3.71. The van der Waals surface area contributed by atoms with E-state index in [1.165, 1.54) is 5.56 Å². The van der Waals surface area contributed by atoms with E-state index in [2.05, 4.69) is 54.8 Å². The Bertz CT molecular complexity index is 423. The number of hydrogen-bond donors (Lipinski definition) is 1. The van der Waals surface area contributed by atoms with Crippen LogP contribution < -0.4 is 10.5 Å². The van der Waals surface area contributed by atoms with E-state index < -0.39 is 0 Å². The number of benzene rings is 1. The summed E-state index contributed by atoms with van der Waals surface area (Å²) in [5.74, 6) is 0.869. The second-order valence-corrected chi connectivity index (χ2v) is 6.23. The van der Waals surface area contributed by atoms with Crippen molar-refractivity contribution in [1.29, 1.82) is 0 Å². The van der Waals surface area contributed by atoms with Gasteiger partial charge in [-0.3, -0.25) is 0 Å². The number of ether oxygens (including phenoxy) is 1. The van der Waals surface area contributed by atoms with Gasteiger partial charge < -0.3 is 15.4 Å². The Morgan fingerprint density at radius 2 is 2.05 bits per heavy atom. The lowest BCUT2D eigenvalue weighted by Gasteiger charge is -2.41. The van der Waals surface area contributed by atoms with Gasteiger partial charge in [0.1, 0.15) is 5.75 Å². The van der Waals surface area contributed by atoms with Crippen molar-refractivity contribution in [3.8, 4) is 5.75 Å². The Morgan fingerprint density at radius 3 is 2.53 bits per heavy atom. The molecule has 0 bridgehead atoms. The molecule has 0 aliphatic carbocycles. The van der Waals surface area contributed by atoms with Gasteiger partial charge in [-0.15, -0.1) is 0 Å². The fraction of sp³-hybridized carbons (Fsp3) is 0.600. The third-order valence-corrected chi connectivity index (χ3v) is 5.00. The number of halogens is 1. The highest BCUT2D eigenvalue weighted by Gasteiger charge is 2.32. The molecule has 0 amide bonds. The van der Waals surface area contributed by atoms with Gasteiger partial charge >= 0.3 is 0 Å². The van der Waals surface area contributed by atoms with Crippen molar-refractivity contribution in [3.05, 3.63) is 28.2 Å². The van der Waals surface area contributed by atoms with Crippen LogP contribution in [0.4, 0.5) is 0 Å². The van der Waals surface area contributed by atoms with Gasteiger partial charge in [-0.2, -0.15) is 0 Å². The molecule has 0 aliphatic rings. The topological polar surface area (TPSA) is 38.5 Å². The molecule has 0 heterocycles. The van der Waals surface area contributed by atoms with E-state index in [9.17, 15) is 0 Å². The summed E-state index contributed by atoms with van der Waals surface area (Å²) in [7, 11) is 5.86. The predicted molar refractivity (Wildman–Crippen MR) is 84.8 cm³/mol. The van der Waals surface area contributed by atoms with Crippen LogP contribution in [0.25, 0.3) is 0 Å². The minimum atomic E-state index is -0.0114. The summed E-state index contributed by atoms with van der Waals surface area (Å²) in [6, 6.07) is 6.08. The molecule has 0 fully saturated rings. The summed E-state index contributed by atoms with van der Waals surface area (Å²) in [6.45, 7) is 4.40. The van der Waals surface area contributed by atoms with Crippen molar-refractivity contribution in [3.63, 3.8) is 0 Å². The van der Waals surface area contributed by atoms with E-state index in [1.807, 2.05) is 12.1 Å². The first-order chi connectivity index (χ1) is 8.85. The molecule has 2 atom stereocenters. The van der Waals surface area contributed by atoms with Gasteiger partial charge in [-0.25, -0.2) is 0 Å². The van der Waals surface area contributed by atoms with E-state index in [0.717, 1.165) is 23.1 Å². The van der Waals surface area contributed by atoms with Crippen LogP contribution in [0.3, 0.4) is 0 Å². The standard InChI is InChI=1S/C15H25BrN2O/c1-6-15(2,18(3)4)14(17)10-11-9-12(19-5)7-8-13(11)16/h7-9,14H,6,10,17H2,1-5H3. The fourth-order valence-electron chi connectivity index (χ4n) is 2.20. The average Bonchev–Trinajstić information content (AvgIpc) is 2.39. The van der Waals surface area contributed by atoms with Crippen LogP contribution >= 0.6 is 15.9 Å². The number of rotatable bonds is 6. The summed E-state index contributed by atoms with van der Waals surface area (Å²) >= 11 is 3.59. The minimum absolute atomic E-state index is 0.0114. The minimum Gasteiger partial charge on any atom is -0.497 e. The van der Waals surface area contributed by atoms with Gasteiger partial charge in [0.25, 0.3) is 0 Å². The molecule has 1 aromatic carbocycles. The SMILES string of the molecule is CCC(C)(C(N)Cc1cc(OC)ccc1Br)N(C)C. The molecule has 2 unspecified atom stereocenters. The molecule has 2 N–H and O–H groups in total. The van der Waals surface area contributed by atoms with Crippen molar-refractivity contribution in [2.24, 2.45) is 5.73 Å². The predicted octanol–water partition coefficient (Wildman–Crippen LogP) is 3.06. The van der Waals surface area contributed by atoms with E-state index in [4.69, 9.17) is 10.5 Å². The van der Waals surface area contributed by atoms with E-state index in [-0.39, 0.29) is 11.6 Å². The zero-order valence-electron chi connectivity index (χ0n) is 12.5. The molecule has 0 aromatic heterocycles. The van der Waals surface area contributed by atoms with Gasteiger partial charge in [0.05, 0.1) is 7.11 Å². The quantitative estimate of drug-likeness (QED) is 0.872. The lowest BCUT2D eigenvalue weighted by Crippen LogP contribution is -2.55. The number of hydrogen-bond acceptors (Lipinski definition) is 3. The van der Waals surface area contributed by atoms with Crippen LogP contribution in [0.2, 0.25) is 0 Å². The highest BCUT2D eigenvalue weighted by atomic mass is 79.9. The first-order valence-electron chi connectivity index (χ1n) is 6.60. The summed E-state index contributed by atoms with van der Waals surface area (Å²) in [4.78, 5) is 2.21. The molecule has 3 nitrogen and oxygen atoms in total. The Labute approximate surface area is 125 Å². The number of methoxy groups -OCH3 is 1. The Morgan fingerprint density at radius 1 is 1.42 bits per heavy atom. The highest BCUT2D eigenvalue weighted by molar-refractivity contribution is 9.10. The van der Waals surface area contributed by atoms with Crippen LogP contribution in [0.1, 0.15) is 25.8 Å². The Hall–Kier alpha value is -0.580. The maximum absolute atomic E-state index is 6.45. The van der Waals surface area contributed by atoms with Gasteiger partial charge in [0, 0.05) is 16.1 Å². The van der Waals surface area contributed by atoms with Crippen molar-refractivity contribution < 1.29 is 4.74 Å². The van der Waals surface area contributed by atoms with Gasteiger partial charge in [-0.1, -0.05) is 22.9 Å². The Kier molecular flexibility index (Phi) is 5.83. The van der Waals surface area contributed by atoms with E-state index >= 15 is 0 Å². The number of nitrogens with zero attached hydrogens (tertiary/aromatic N) is 1. The molecule has 0 saturated heterocycles. The largest absolute Gasteiger partial charge is 0.497 e. The molecule has 0 radical (unpaired) electrons. The van der Waals surface area contributed by atoms with Crippen molar-refractivity contribution >= 4 is 15.9 Å². The third-order valence-electron chi connectivity index (χ3n) is 4.23. The molecule has 4 heteroatoms. The van der Waals surface area contributed by atoms with Crippen molar-refractivity contribution in [1.82, 2.24) is 4.90 Å². The van der Waals surface area contributed by atoms with Gasteiger partial charge in [0.15, 0.2) is 0 Å². The van der Waals surface area contributed by atoms with E-state index in [0.29, 0.717) is 0 Å². The molecule has 19 heavy (non-hydrogen) atoms. The zero-order chi connectivity index (χ0) is 14.6. The maximum atomic E-state index is 6.45. The highest BCUT2D eigenvalue weighted by Crippen LogP contribution is 2.27. The summed E-state index contributed by atoms with van der Waals surface area (Å²) in [5, 5.41) is 0.